The van der Waals surface area contributed by atoms with Crippen molar-refractivity contribution in [2.75, 3.05) is 0 Å². The first-order valence-electron chi connectivity index (χ1n) is 12.9. The zero-order valence-corrected chi connectivity index (χ0v) is 24.7. The monoisotopic (exact) mass is 632 g/mol. The summed E-state index contributed by atoms with van der Waals surface area (Å²) in [7, 11) is 0. The molecular formula is C28H30F6N4O2S2. The SMILES string of the molecule is CC(C)[C@@H]1SC(=N[C@H](c2ccccc2)C(F)(F)F)NC1=O.CC(C)[C@H]1SC(=N[C@H](c2ccccc2)C(F)(F)F)NC1=O. The molecule has 0 aliphatic carbocycles. The van der Waals surface area contributed by atoms with Crippen molar-refractivity contribution in [1.29, 1.82) is 0 Å². The van der Waals surface area contributed by atoms with Gasteiger partial charge in [-0.25, -0.2) is 9.98 Å². The first-order chi connectivity index (χ1) is 19.6. The van der Waals surface area contributed by atoms with E-state index in [4.69, 9.17) is 0 Å². The average molecular weight is 633 g/mol. The van der Waals surface area contributed by atoms with E-state index in [1.165, 1.54) is 48.5 Å². The van der Waals surface area contributed by atoms with Crippen LogP contribution in [0.5, 0.6) is 0 Å². The van der Waals surface area contributed by atoms with Crippen molar-refractivity contribution in [2.24, 2.45) is 21.8 Å². The van der Waals surface area contributed by atoms with Crippen molar-refractivity contribution in [1.82, 2.24) is 10.6 Å². The van der Waals surface area contributed by atoms with Crippen LogP contribution in [0, 0.1) is 11.8 Å². The Bertz CT molecular complexity index is 1190. The molecule has 2 N–H and O–H groups in total. The van der Waals surface area contributed by atoms with Gasteiger partial charge in [-0.05, 0) is 23.0 Å². The van der Waals surface area contributed by atoms with Crippen molar-refractivity contribution in [3.8, 4) is 0 Å². The summed E-state index contributed by atoms with van der Waals surface area (Å²) in [6.45, 7) is 7.38. The number of carbonyl (C=O) groups excluding carboxylic acids is 2. The summed E-state index contributed by atoms with van der Waals surface area (Å²) >= 11 is 2.11. The summed E-state index contributed by atoms with van der Waals surface area (Å²) < 4.78 is 79.1. The predicted molar refractivity (Wildman–Crippen MR) is 154 cm³/mol. The van der Waals surface area contributed by atoms with Gasteiger partial charge in [0.15, 0.2) is 22.4 Å². The van der Waals surface area contributed by atoms with Crippen LogP contribution in [0.1, 0.15) is 50.9 Å². The fourth-order valence-corrected chi connectivity index (χ4v) is 5.95. The molecule has 0 bridgehead atoms. The number of hydrogen-bond donors (Lipinski definition) is 2. The minimum atomic E-state index is -4.50. The molecule has 2 aliphatic rings. The Morgan fingerprint density at radius 1 is 0.619 bits per heavy atom. The van der Waals surface area contributed by atoms with Gasteiger partial charge in [0.2, 0.25) is 11.8 Å². The molecule has 42 heavy (non-hydrogen) atoms. The second kappa shape index (κ2) is 14.0. The third-order valence-corrected chi connectivity index (χ3v) is 8.89. The van der Waals surface area contributed by atoms with Crippen molar-refractivity contribution < 1.29 is 35.9 Å². The molecule has 14 heteroatoms. The number of alkyl halides is 6. The van der Waals surface area contributed by atoms with Gasteiger partial charge < -0.3 is 10.6 Å². The lowest BCUT2D eigenvalue weighted by molar-refractivity contribution is -0.149. The maximum Gasteiger partial charge on any atom is 0.415 e. The molecule has 0 radical (unpaired) electrons. The van der Waals surface area contributed by atoms with Gasteiger partial charge >= 0.3 is 12.4 Å². The second-order valence-corrected chi connectivity index (χ2v) is 12.4. The average Bonchev–Trinajstić information content (AvgIpc) is 3.47. The number of amides is 2. The topological polar surface area (TPSA) is 82.9 Å². The molecule has 2 aromatic carbocycles. The molecule has 0 aromatic heterocycles. The number of benzene rings is 2. The fraction of sp³-hybridized carbons (Fsp3) is 0.429. The van der Waals surface area contributed by atoms with E-state index in [1.54, 1.807) is 12.1 Å². The molecule has 6 nitrogen and oxygen atoms in total. The maximum absolute atomic E-state index is 13.2. The molecule has 4 rings (SSSR count). The number of nitrogens with zero attached hydrogens (tertiary/aromatic N) is 2. The zero-order valence-electron chi connectivity index (χ0n) is 23.0. The molecule has 2 amide bonds. The van der Waals surface area contributed by atoms with Crippen molar-refractivity contribution in [2.45, 2.75) is 62.6 Å². The number of carbonyl (C=O) groups is 2. The molecule has 0 unspecified atom stereocenters. The van der Waals surface area contributed by atoms with E-state index in [-0.39, 0.29) is 45.1 Å². The molecule has 2 aromatic rings. The van der Waals surface area contributed by atoms with Crippen LogP contribution < -0.4 is 10.6 Å². The van der Waals surface area contributed by atoms with Crippen LogP contribution in [0.25, 0.3) is 0 Å². The van der Waals surface area contributed by atoms with Gasteiger partial charge in [-0.3, -0.25) is 9.59 Å². The summed E-state index contributed by atoms with van der Waals surface area (Å²) in [6.07, 6.45) is -9.01. The summed E-state index contributed by atoms with van der Waals surface area (Å²) in [6, 6.07) is 11.0. The van der Waals surface area contributed by atoms with E-state index >= 15 is 0 Å². The highest BCUT2D eigenvalue weighted by molar-refractivity contribution is 8.16. The maximum atomic E-state index is 13.2. The zero-order chi connectivity index (χ0) is 31.2. The number of thioether (sulfide) groups is 2. The van der Waals surface area contributed by atoms with Crippen LogP contribution in [0.3, 0.4) is 0 Å². The Labute approximate surface area is 248 Å². The van der Waals surface area contributed by atoms with Crippen molar-refractivity contribution >= 4 is 45.7 Å². The van der Waals surface area contributed by atoms with Crippen LogP contribution in [0.2, 0.25) is 0 Å². The summed E-state index contributed by atoms with van der Waals surface area (Å²) in [5.41, 5.74) is 0.112. The van der Waals surface area contributed by atoms with Gasteiger partial charge in [-0.1, -0.05) is 112 Å². The number of nitrogens with one attached hydrogen (secondary N) is 2. The largest absolute Gasteiger partial charge is 0.415 e. The standard InChI is InChI=1S/2C14H15F3N2OS/c2*1-8(2)10-12(20)19-13(21-10)18-11(14(15,16)17)9-6-4-3-5-7-9/h2*3-8,10-11H,1-2H3,(H,18,19,20)/t10-,11+;10-,11-/m01/s1. The van der Waals surface area contributed by atoms with Gasteiger partial charge in [0.1, 0.15) is 0 Å². The van der Waals surface area contributed by atoms with E-state index in [1.807, 2.05) is 27.7 Å². The molecule has 2 aliphatic heterocycles. The molecule has 0 saturated carbocycles. The smallest absolute Gasteiger partial charge is 0.304 e. The third kappa shape index (κ3) is 9.00. The van der Waals surface area contributed by atoms with E-state index in [2.05, 4.69) is 20.6 Å². The number of rotatable bonds is 6. The van der Waals surface area contributed by atoms with Gasteiger partial charge in [-0.15, -0.1) is 0 Å². The Kier molecular flexibility index (Phi) is 11.2. The Balaban J connectivity index is 0.000000230. The molecule has 4 atom stereocenters. The lowest BCUT2D eigenvalue weighted by Crippen LogP contribution is -2.28. The van der Waals surface area contributed by atoms with Crippen molar-refractivity contribution in [3.63, 3.8) is 0 Å². The van der Waals surface area contributed by atoms with Crippen LogP contribution >= 0.6 is 23.5 Å². The molecule has 2 fully saturated rings. The highest BCUT2D eigenvalue weighted by Gasteiger charge is 2.44. The van der Waals surface area contributed by atoms with E-state index in [0.717, 1.165) is 23.5 Å². The molecule has 2 saturated heterocycles. The summed E-state index contributed by atoms with van der Waals surface area (Å²) in [5.74, 6) is -0.516. The van der Waals surface area contributed by atoms with Gasteiger partial charge in [0, 0.05) is 0 Å². The first-order valence-corrected chi connectivity index (χ1v) is 14.7. The van der Waals surface area contributed by atoms with E-state index in [0.29, 0.717) is 0 Å². The first kappa shape index (κ1) is 33.5. The second-order valence-electron chi connectivity index (χ2n) is 10.1. The number of hydrogen-bond acceptors (Lipinski definition) is 6. The van der Waals surface area contributed by atoms with Crippen molar-refractivity contribution in [3.05, 3.63) is 71.8 Å². The lowest BCUT2D eigenvalue weighted by Gasteiger charge is -2.17. The van der Waals surface area contributed by atoms with Crippen LogP contribution in [0.15, 0.2) is 70.6 Å². The summed E-state index contributed by atoms with van der Waals surface area (Å²) in [5, 5.41) is 4.14. The van der Waals surface area contributed by atoms with Gasteiger partial charge in [0.05, 0.1) is 10.5 Å². The molecule has 0 spiro atoms. The molecule has 228 valence electrons. The number of aliphatic imine (C=N–C) groups is 2. The Morgan fingerprint density at radius 2 is 0.929 bits per heavy atom. The van der Waals surface area contributed by atoms with Crippen LogP contribution in [0.4, 0.5) is 26.3 Å². The molecular weight excluding hydrogens is 602 g/mol. The van der Waals surface area contributed by atoms with Crippen LogP contribution in [-0.2, 0) is 9.59 Å². The van der Waals surface area contributed by atoms with Crippen LogP contribution in [-0.4, -0.2) is 45.0 Å². The van der Waals surface area contributed by atoms with Gasteiger partial charge in [0.25, 0.3) is 0 Å². The highest BCUT2D eigenvalue weighted by atomic mass is 32.2. The Morgan fingerprint density at radius 3 is 1.17 bits per heavy atom. The normalized spacial score (nSPS) is 22.7. The minimum Gasteiger partial charge on any atom is -0.304 e. The quantitative estimate of drug-likeness (QED) is 0.334. The number of amidine groups is 2. The predicted octanol–water partition coefficient (Wildman–Crippen LogP) is 7.07. The van der Waals surface area contributed by atoms with E-state index < -0.39 is 34.9 Å². The lowest BCUT2D eigenvalue weighted by atomic mass is 10.1. The van der Waals surface area contributed by atoms with E-state index in [9.17, 15) is 35.9 Å². The minimum absolute atomic E-state index is 0.0313. The number of halogens is 6. The summed E-state index contributed by atoms with van der Waals surface area (Å²) in [4.78, 5) is 30.8. The Hall–Kier alpha value is -3.00. The third-order valence-electron chi connectivity index (χ3n) is 6.01. The molecule has 2 heterocycles. The fourth-order valence-electron chi connectivity index (χ4n) is 3.94. The van der Waals surface area contributed by atoms with Gasteiger partial charge in [-0.2, -0.15) is 26.3 Å². The highest BCUT2D eigenvalue weighted by Crippen LogP contribution is 2.39.